The summed E-state index contributed by atoms with van der Waals surface area (Å²) in [6.45, 7) is 2.79. The summed E-state index contributed by atoms with van der Waals surface area (Å²) in [6, 6.07) is -0.628. The lowest BCUT2D eigenvalue weighted by Crippen LogP contribution is -2.55. The molecule has 9 atom stereocenters. The zero-order valence-corrected chi connectivity index (χ0v) is 18.3. The van der Waals surface area contributed by atoms with Gasteiger partial charge in [-0.1, -0.05) is 6.92 Å². The van der Waals surface area contributed by atoms with Crippen molar-refractivity contribution in [1.29, 1.82) is 0 Å². The predicted octanol–water partition coefficient (Wildman–Crippen LogP) is -1.99. The van der Waals surface area contributed by atoms with Crippen molar-refractivity contribution in [3.63, 3.8) is 0 Å². The van der Waals surface area contributed by atoms with E-state index in [-0.39, 0.29) is 32.2 Å². The van der Waals surface area contributed by atoms with Crippen LogP contribution in [-0.2, 0) is 37.9 Å². The van der Waals surface area contributed by atoms with Crippen LogP contribution in [0.5, 0.6) is 0 Å². The highest BCUT2D eigenvalue weighted by Crippen LogP contribution is 2.27. The van der Waals surface area contributed by atoms with E-state index in [1.54, 1.807) is 21.1 Å². The van der Waals surface area contributed by atoms with Crippen molar-refractivity contribution in [2.45, 2.75) is 55.8 Å². The number of hydrogen-bond donors (Lipinski definition) is 3. The van der Waals surface area contributed by atoms with Crippen LogP contribution in [0.3, 0.4) is 0 Å². The fourth-order valence-electron chi connectivity index (χ4n) is 3.57. The highest BCUT2D eigenvalue weighted by Gasteiger charge is 2.43. The van der Waals surface area contributed by atoms with Crippen LogP contribution in [-0.4, -0.2) is 133 Å². The Bertz CT molecular complexity index is 486. The second-order valence-corrected chi connectivity index (χ2v) is 7.50. The van der Waals surface area contributed by atoms with Crippen LogP contribution in [0.15, 0.2) is 0 Å². The summed E-state index contributed by atoms with van der Waals surface area (Å²) >= 11 is 0. The quantitative estimate of drug-likeness (QED) is 0.154. The molecule has 12 heteroatoms. The van der Waals surface area contributed by atoms with Crippen LogP contribution in [0.4, 0.5) is 0 Å². The molecule has 0 spiro atoms. The van der Waals surface area contributed by atoms with Crippen LogP contribution in [0.25, 0.3) is 0 Å². The van der Waals surface area contributed by atoms with E-state index in [9.17, 15) is 15.3 Å². The van der Waals surface area contributed by atoms with Gasteiger partial charge < -0.3 is 53.2 Å². The number of rotatable bonds is 14. The molecule has 2 rings (SSSR count). The molecule has 11 nitrogen and oxygen atoms in total. The summed E-state index contributed by atoms with van der Waals surface area (Å²) in [4.78, 5) is 0. The third kappa shape index (κ3) is 7.58. The van der Waals surface area contributed by atoms with Gasteiger partial charge in [-0.15, -0.1) is 0 Å². The third-order valence-corrected chi connectivity index (χ3v) is 5.36. The molecular weight excluding hydrogens is 415 g/mol. The first kappa shape index (κ1) is 26.9. The Kier molecular flexibility index (Phi) is 12.1. The molecule has 2 heterocycles. The lowest BCUT2D eigenvalue weighted by molar-refractivity contribution is -0.284. The first-order valence-electron chi connectivity index (χ1n) is 10.4. The first-order chi connectivity index (χ1) is 14.9. The van der Waals surface area contributed by atoms with Crippen molar-refractivity contribution in [1.82, 2.24) is 0 Å². The molecule has 0 aromatic rings. The molecule has 2 aliphatic rings. The predicted molar refractivity (Wildman–Crippen MR) is 106 cm³/mol. The van der Waals surface area contributed by atoms with Gasteiger partial charge >= 0.3 is 0 Å². The van der Waals surface area contributed by atoms with E-state index in [4.69, 9.17) is 45.7 Å². The van der Waals surface area contributed by atoms with Gasteiger partial charge in [-0.25, -0.2) is 0 Å². The molecule has 180 valence electrons. The van der Waals surface area contributed by atoms with Gasteiger partial charge in [-0.3, -0.25) is 0 Å². The van der Waals surface area contributed by atoms with Crippen molar-refractivity contribution >= 4 is 7.85 Å². The molecule has 2 aliphatic heterocycles. The van der Waals surface area contributed by atoms with Crippen LogP contribution in [0.1, 0.15) is 6.92 Å². The van der Waals surface area contributed by atoms with E-state index >= 15 is 0 Å². The molecule has 0 aromatic carbocycles. The molecular formula is C19H35BO11. The largest absolute Gasteiger partial charge is 0.394 e. The van der Waals surface area contributed by atoms with Gasteiger partial charge in [-0.05, 0) is 0 Å². The van der Waals surface area contributed by atoms with Crippen LogP contribution in [0.2, 0.25) is 0 Å². The first-order valence-corrected chi connectivity index (χ1v) is 10.4. The molecule has 2 radical (unpaired) electrons. The maximum Gasteiger partial charge on any atom is 0.163 e. The molecule has 0 bridgehead atoms. The number of methoxy groups -OCH3 is 2. The fraction of sp³-hybridized carbons (Fsp3) is 1.00. The zero-order chi connectivity index (χ0) is 22.8. The van der Waals surface area contributed by atoms with Gasteiger partial charge in [0, 0.05) is 26.1 Å². The molecule has 0 aromatic heterocycles. The summed E-state index contributed by atoms with van der Waals surface area (Å²) in [6.07, 6.45) is -4.91. The van der Waals surface area contributed by atoms with Gasteiger partial charge in [0.05, 0.1) is 45.7 Å². The monoisotopic (exact) mass is 450 g/mol. The van der Waals surface area contributed by atoms with E-state index < -0.39 is 49.2 Å². The standard InChI is InChI=1S/C19H35BO11/c1-11-14(22)15(23)12(8-21)31-19(11)28-7-6-26-4-5-27-10-29-17-16(25-3)13(9-24-2)30-18(17)20/h11-19,21-23H,4-10H2,1-3H3. The van der Waals surface area contributed by atoms with E-state index in [2.05, 4.69) is 0 Å². The average Bonchev–Trinajstić information content (AvgIpc) is 3.06. The van der Waals surface area contributed by atoms with Crippen molar-refractivity contribution in [2.75, 3.05) is 60.7 Å². The summed E-state index contributed by atoms with van der Waals surface area (Å²) in [7, 11) is 9.07. The van der Waals surface area contributed by atoms with Gasteiger partial charge in [0.2, 0.25) is 0 Å². The Hall–Kier alpha value is -0.375. The maximum atomic E-state index is 10.00. The van der Waals surface area contributed by atoms with E-state index in [1.807, 2.05) is 0 Å². The Morgan fingerprint density at radius 3 is 2.26 bits per heavy atom. The highest BCUT2D eigenvalue weighted by molar-refractivity contribution is 6.11. The topological polar surface area (TPSA) is 135 Å². The zero-order valence-electron chi connectivity index (χ0n) is 18.3. The lowest BCUT2D eigenvalue weighted by Gasteiger charge is -2.40. The normalized spacial score (nSPS) is 38.6. The second kappa shape index (κ2) is 14.0. The Balaban J connectivity index is 1.53. The summed E-state index contributed by atoms with van der Waals surface area (Å²) in [5.41, 5.74) is 0. The Morgan fingerprint density at radius 1 is 0.871 bits per heavy atom. The smallest absolute Gasteiger partial charge is 0.163 e. The summed E-state index contributed by atoms with van der Waals surface area (Å²) in [5, 5.41) is 29.0. The van der Waals surface area contributed by atoms with E-state index in [0.717, 1.165) is 0 Å². The van der Waals surface area contributed by atoms with Crippen molar-refractivity contribution in [3.05, 3.63) is 0 Å². The minimum atomic E-state index is -1.15. The highest BCUT2D eigenvalue weighted by atomic mass is 16.7. The maximum absolute atomic E-state index is 10.00. The van der Waals surface area contributed by atoms with Crippen molar-refractivity contribution in [3.8, 4) is 0 Å². The van der Waals surface area contributed by atoms with Crippen LogP contribution >= 0.6 is 0 Å². The number of ether oxygens (including phenoxy) is 8. The molecule has 0 amide bonds. The molecule has 0 aliphatic carbocycles. The van der Waals surface area contributed by atoms with Crippen molar-refractivity contribution < 1.29 is 53.2 Å². The Labute approximate surface area is 184 Å². The fourth-order valence-corrected chi connectivity index (χ4v) is 3.57. The minimum Gasteiger partial charge on any atom is -0.394 e. The Morgan fingerprint density at radius 2 is 1.58 bits per heavy atom. The molecule has 31 heavy (non-hydrogen) atoms. The number of aliphatic hydroxyl groups excluding tert-OH is 3. The third-order valence-electron chi connectivity index (χ3n) is 5.36. The van der Waals surface area contributed by atoms with E-state index in [1.165, 1.54) is 0 Å². The molecule has 0 saturated carbocycles. The van der Waals surface area contributed by atoms with Gasteiger partial charge in [0.15, 0.2) is 6.29 Å². The second-order valence-electron chi connectivity index (χ2n) is 7.50. The minimum absolute atomic E-state index is 0.0113. The van der Waals surface area contributed by atoms with Gasteiger partial charge in [-0.2, -0.15) is 0 Å². The van der Waals surface area contributed by atoms with Crippen LogP contribution in [0, 0.1) is 5.92 Å². The molecule has 2 fully saturated rings. The summed E-state index contributed by atoms with van der Waals surface area (Å²) < 4.78 is 43.6. The van der Waals surface area contributed by atoms with Crippen molar-refractivity contribution in [2.24, 2.45) is 5.92 Å². The van der Waals surface area contributed by atoms with E-state index in [0.29, 0.717) is 19.8 Å². The summed E-state index contributed by atoms with van der Waals surface area (Å²) in [5.74, 6) is -0.441. The number of aliphatic hydroxyl groups is 3. The molecule has 9 unspecified atom stereocenters. The van der Waals surface area contributed by atoms with Gasteiger partial charge in [0.1, 0.15) is 45.2 Å². The molecule has 3 N–H and O–H groups in total. The average molecular weight is 450 g/mol. The van der Waals surface area contributed by atoms with Gasteiger partial charge in [0.25, 0.3) is 0 Å². The SMILES string of the molecule is [B]C1OC(COC)C(OC)C1OCOCCOCCOC1OC(CO)C(O)C(O)C1C. The molecule has 2 saturated heterocycles. The lowest BCUT2D eigenvalue weighted by atomic mass is 9.92. The van der Waals surface area contributed by atoms with Crippen LogP contribution < -0.4 is 0 Å². The number of hydrogen-bond acceptors (Lipinski definition) is 11.